The monoisotopic (exact) mass is 281 g/mol. The summed E-state index contributed by atoms with van der Waals surface area (Å²) in [6.07, 6.45) is 0. The van der Waals surface area contributed by atoms with Crippen molar-refractivity contribution in [1.29, 1.82) is 0 Å². The molecule has 0 spiro atoms. The molecule has 0 saturated heterocycles. The van der Waals surface area contributed by atoms with Gasteiger partial charge >= 0.3 is 0 Å². The molecule has 98 valence electrons. The molecule has 0 atom stereocenters. The van der Waals surface area contributed by atoms with E-state index in [4.69, 9.17) is 17.3 Å². The third-order valence-electron chi connectivity index (χ3n) is 3.29. The topological polar surface area (TPSA) is 43.1 Å². The molecular formula is C17H12ClNO. The molecule has 3 rings (SSSR count). The fourth-order valence-corrected chi connectivity index (χ4v) is 2.47. The summed E-state index contributed by atoms with van der Waals surface area (Å²) >= 11 is 5.96. The summed E-state index contributed by atoms with van der Waals surface area (Å²) in [5, 5.41) is 2.45. The summed E-state index contributed by atoms with van der Waals surface area (Å²) in [5.41, 5.74) is 7.40. The number of nitrogen functional groups attached to an aromatic ring is 1. The van der Waals surface area contributed by atoms with E-state index in [2.05, 4.69) is 0 Å². The van der Waals surface area contributed by atoms with Crippen LogP contribution in [0.2, 0.25) is 5.02 Å². The second-order valence-electron chi connectivity index (χ2n) is 4.59. The Morgan fingerprint density at radius 3 is 2.50 bits per heavy atom. The second kappa shape index (κ2) is 4.99. The number of fused-ring (bicyclic) bond motifs is 1. The van der Waals surface area contributed by atoms with E-state index in [1.54, 1.807) is 18.2 Å². The van der Waals surface area contributed by atoms with E-state index in [0.29, 0.717) is 21.8 Å². The highest BCUT2D eigenvalue weighted by atomic mass is 35.5. The van der Waals surface area contributed by atoms with Crippen molar-refractivity contribution < 1.29 is 4.79 Å². The molecule has 3 aromatic rings. The van der Waals surface area contributed by atoms with Gasteiger partial charge in [0.1, 0.15) is 0 Å². The van der Waals surface area contributed by atoms with E-state index in [1.807, 2.05) is 42.5 Å². The molecule has 0 bridgehead atoms. The Labute approximate surface area is 121 Å². The predicted molar refractivity (Wildman–Crippen MR) is 83.2 cm³/mol. The lowest BCUT2D eigenvalue weighted by Gasteiger charge is -2.08. The number of carbonyl (C=O) groups excluding carboxylic acids is 1. The molecule has 0 aliphatic rings. The minimum atomic E-state index is -0.109. The molecule has 20 heavy (non-hydrogen) atoms. The second-order valence-corrected chi connectivity index (χ2v) is 5.02. The number of carbonyl (C=O) groups is 1. The summed E-state index contributed by atoms with van der Waals surface area (Å²) in [7, 11) is 0. The molecule has 0 heterocycles. The Morgan fingerprint density at radius 1 is 0.900 bits per heavy atom. The van der Waals surface area contributed by atoms with Gasteiger partial charge in [0.25, 0.3) is 0 Å². The van der Waals surface area contributed by atoms with Gasteiger partial charge in [-0.25, -0.2) is 0 Å². The first kappa shape index (κ1) is 12.7. The van der Waals surface area contributed by atoms with Gasteiger partial charge < -0.3 is 5.73 Å². The molecule has 0 aliphatic carbocycles. The lowest BCUT2D eigenvalue weighted by molar-refractivity contribution is 0.104. The van der Waals surface area contributed by atoms with Gasteiger partial charge in [-0.3, -0.25) is 4.79 Å². The number of ketones is 1. The Kier molecular flexibility index (Phi) is 3.17. The molecule has 3 aromatic carbocycles. The molecular weight excluding hydrogens is 270 g/mol. The third kappa shape index (κ3) is 2.15. The van der Waals surface area contributed by atoms with Crippen LogP contribution in [0.1, 0.15) is 15.9 Å². The number of hydrogen-bond acceptors (Lipinski definition) is 2. The molecule has 0 saturated carbocycles. The third-order valence-corrected chi connectivity index (χ3v) is 3.53. The van der Waals surface area contributed by atoms with Crippen LogP contribution in [-0.2, 0) is 0 Å². The highest BCUT2D eigenvalue weighted by Crippen LogP contribution is 2.25. The molecule has 0 aromatic heterocycles. The number of nitrogens with two attached hydrogens (primary N) is 1. The number of halogens is 1. The van der Waals surface area contributed by atoms with Gasteiger partial charge in [0.05, 0.1) is 0 Å². The average molecular weight is 282 g/mol. The fraction of sp³-hybridized carbons (Fsp3) is 0. The van der Waals surface area contributed by atoms with Crippen molar-refractivity contribution in [2.24, 2.45) is 0 Å². The SMILES string of the molecule is Nc1ccc(Cl)cc1C(=O)c1cccc2ccccc12. The Hall–Kier alpha value is -2.32. The number of hydrogen-bond donors (Lipinski definition) is 1. The summed E-state index contributed by atoms with van der Waals surface area (Å²) in [6.45, 7) is 0. The quantitative estimate of drug-likeness (QED) is 0.562. The van der Waals surface area contributed by atoms with Crippen LogP contribution in [0.15, 0.2) is 60.7 Å². The molecule has 0 radical (unpaired) electrons. The van der Waals surface area contributed by atoms with E-state index in [1.165, 1.54) is 0 Å². The predicted octanol–water partition coefficient (Wildman–Crippen LogP) is 4.31. The Bertz CT molecular complexity index is 806. The van der Waals surface area contributed by atoms with Crippen LogP contribution in [0.25, 0.3) is 10.8 Å². The number of anilines is 1. The molecule has 0 fully saturated rings. The van der Waals surface area contributed by atoms with Crippen molar-refractivity contribution in [2.45, 2.75) is 0 Å². The van der Waals surface area contributed by atoms with E-state index in [0.717, 1.165) is 10.8 Å². The van der Waals surface area contributed by atoms with Gasteiger partial charge in [0.15, 0.2) is 5.78 Å². The van der Waals surface area contributed by atoms with Crippen molar-refractivity contribution in [1.82, 2.24) is 0 Å². The molecule has 0 aliphatic heterocycles. The summed E-state index contributed by atoms with van der Waals surface area (Å²) < 4.78 is 0. The van der Waals surface area contributed by atoms with Crippen LogP contribution in [0, 0.1) is 0 Å². The van der Waals surface area contributed by atoms with E-state index in [-0.39, 0.29) is 5.78 Å². The van der Waals surface area contributed by atoms with Gasteiger partial charge in [0.2, 0.25) is 0 Å². The standard InChI is InChI=1S/C17H12ClNO/c18-12-8-9-16(19)15(10-12)17(20)14-7-3-5-11-4-1-2-6-13(11)14/h1-10H,19H2. The van der Waals surface area contributed by atoms with Crippen LogP contribution >= 0.6 is 11.6 Å². The summed E-state index contributed by atoms with van der Waals surface area (Å²) in [6, 6.07) is 18.4. The lowest BCUT2D eigenvalue weighted by atomic mass is 9.96. The van der Waals surface area contributed by atoms with Gasteiger partial charge in [-0.15, -0.1) is 0 Å². The maximum atomic E-state index is 12.7. The zero-order chi connectivity index (χ0) is 14.1. The van der Waals surface area contributed by atoms with Crippen LogP contribution in [0.3, 0.4) is 0 Å². The first-order chi connectivity index (χ1) is 9.66. The minimum Gasteiger partial charge on any atom is -0.398 e. The smallest absolute Gasteiger partial charge is 0.195 e. The zero-order valence-corrected chi connectivity index (χ0v) is 11.4. The van der Waals surface area contributed by atoms with Crippen LogP contribution < -0.4 is 5.73 Å². The maximum absolute atomic E-state index is 12.7. The van der Waals surface area contributed by atoms with Crippen LogP contribution in [0.5, 0.6) is 0 Å². The molecule has 3 heteroatoms. The summed E-state index contributed by atoms with van der Waals surface area (Å²) in [4.78, 5) is 12.7. The molecule has 0 unspecified atom stereocenters. The highest BCUT2D eigenvalue weighted by Gasteiger charge is 2.15. The number of benzene rings is 3. The lowest BCUT2D eigenvalue weighted by Crippen LogP contribution is -2.06. The van der Waals surface area contributed by atoms with Gasteiger partial charge in [-0.05, 0) is 29.0 Å². The molecule has 0 amide bonds. The van der Waals surface area contributed by atoms with Gasteiger partial charge in [-0.1, -0.05) is 54.1 Å². The van der Waals surface area contributed by atoms with Crippen molar-refractivity contribution in [3.8, 4) is 0 Å². The zero-order valence-electron chi connectivity index (χ0n) is 10.6. The number of rotatable bonds is 2. The van der Waals surface area contributed by atoms with Crippen molar-refractivity contribution >= 4 is 33.8 Å². The van der Waals surface area contributed by atoms with Crippen LogP contribution in [-0.4, -0.2) is 5.78 Å². The highest BCUT2D eigenvalue weighted by molar-refractivity contribution is 6.31. The first-order valence-corrected chi connectivity index (χ1v) is 6.62. The summed E-state index contributed by atoms with van der Waals surface area (Å²) in [5.74, 6) is -0.109. The Balaban J connectivity index is 2.20. The van der Waals surface area contributed by atoms with E-state index >= 15 is 0 Å². The molecule has 2 N–H and O–H groups in total. The molecule has 2 nitrogen and oxygen atoms in total. The minimum absolute atomic E-state index is 0.109. The normalized spacial score (nSPS) is 10.7. The fourth-order valence-electron chi connectivity index (χ4n) is 2.29. The van der Waals surface area contributed by atoms with E-state index < -0.39 is 0 Å². The first-order valence-electron chi connectivity index (χ1n) is 6.24. The maximum Gasteiger partial charge on any atom is 0.195 e. The van der Waals surface area contributed by atoms with Gasteiger partial charge in [0, 0.05) is 21.8 Å². The largest absolute Gasteiger partial charge is 0.398 e. The van der Waals surface area contributed by atoms with Crippen molar-refractivity contribution in [3.63, 3.8) is 0 Å². The van der Waals surface area contributed by atoms with E-state index in [9.17, 15) is 4.79 Å². The van der Waals surface area contributed by atoms with Crippen LogP contribution in [0.4, 0.5) is 5.69 Å². The average Bonchev–Trinajstić information content (AvgIpc) is 2.48. The van der Waals surface area contributed by atoms with Crippen molar-refractivity contribution in [3.05, 3.63) is 76.8 Å². The Morgan fingerprint density at radius 2 is 1.65 bits per heavy atom. The van der Waals surface area contributed by atoms with Gasteiger partial charge in [-0.2, -0.15) is 0 Å². The van der Waals surface area contributed by atoms with Crippen molar-refractivity contribution in [2.75, 3.05) is 5.73 Å².